The van der Waals surface area contributed by atoms with Crippen molar-refractivity contribution in [3.63, 3.8) is 0 Å². The molecule has 2 heterocycles. The highest BCUT2D eigenvalue weighted by atomic mass is 79.9. The van der Waals surface area contributed by atoms with Gasteiger partial charge in [-0.05, 0) is 60.7 Å². The summed E-state index contributed by atoms with van der Waals surface area (Å²) in [5.41, 5.74) is 7.05. The molecule has 138 valence electrons. The fourth-order valence-electron chi connectivity index (χ4n) is 3.90. The normalized spacial score (nSPS) is 15.9. The minimum absolute atomic E-state index is 0.108. The highest BCUT2D eigenvalue weighted by Gasteiger charge is 2.38. The van der Waals surface area contributed by atoms with Crippen molar-refractivity contribution in [3.05, 3.63) is 80.6 Å². The molecule has 0 aliphatic carbocycles. The van der Waals surface area contributed by atoms with Gasteiger partial charge in [0.25, 0.3) is 5.91 Å². The number of carbonyl (C=O) groups excluding carboxylic acids is 1. The zero-order valence-electron chi connectivity index (χ0n) is 15.9. The van der Waals surface area contributed by atoms with Crippen LogP contribution in [0.1, 0.15) is 64.2 Å². The number of fused-ring (bicyclic) bond motifs is 1. The van der Waals surface area contributed by atoms with Gasteiger partial charge in [0.15, 0.2) is 5.69 Å². The van der Waals surface area contributed by atoms with Crippen LogP contribution in [0.3, 0.4) is 0 Å². The third-order valence-electron chi connectivity index (χ3n) is 4.94. The molecule has 1 N–H and O–H groups in total. The highest BCUT2D eigenvalue weighted by molar-refractivity contribution is 9.10. The van der Waals surface area contributed by atoms with E-state index in [9.17, 15) is 4.79 Å². The Kier molecular flexibility index (Phi) is 4.42. The predicted molar refractivity (Wildman–Crippen MR) is 111 cm³/mol. The number of aryl methyl sites for hydroxylation is 2. The second kappa shape index (κ2) is 6.64. The summed E-state index contributed by atoms with van der Waals surface area (Å²) in [6.45, 7) is 8.47. The van der Waals surface area contributed by atoms with Crippen molar-refractivity contribution in [2.24, 2.45) is 0 Å². The van der Waals surface area contributed by atoms with Crippen LogP contribution in [0.15, 0.2) is 46.9 Å². The Balaban J connectivity index is 1.93. The molecule has 1 aliphatic rings. The van der Waals surface area contributed by atoms with Crippen molar-refractivity contribution in [1.29, 1.82) is 0 Å². The minimum Gasteiger partial charge on any atom is -0.340 e. The molecule has 27 heavy (non-hydrogen) atoms. The molecule has 0 bridgehead atoms. The first kappa shape index (κ1) is 18.0. The van der Waals surface area contributed by atoms with Gasteiger partial charge in [-0.25, -0.2) is 4.68 Å². The summed E-state index contributed by atoms with van der Waals surface area (Å²) in [5, 5.41) is 7.84. The van der Waals surface area contributed by atoms with E-state index in [0.717, 1.165) is 27.0 Å². The summed E-state index contributed by atoms with van der Waals surface area (Å²) < 4.78 is 2.98. The van der Waals surface area contributed by atoms with Gasteiger partial charge in [0.05, 0.1) is 17.4 Å². The quantitative estimate of drug-likeness (QED) is 0.628. The smallest absolute Gasteiger partial charge is 0.272 e. The molecule has 0 saturated heterocycles. The average molecular weight is 424 g/mol. The first-order chi connectivity index (χ1) is 12.8. The summed E-state index contributed by atoms with van der Waals surface area (Å²) in [7, 11) is 0. The van der Waals surface area contributed by atoms with Crippen LogP contribution in [0.5, 0.6) is 0 Å². The van der Waals surface area contributed by atoms with Crippen molar-refractivity contribution < 1.29 is 4.79 Å². The average Bonchev–Trinajstić information content (AvgIpc) is 3.13. The fourth-order valence-corrected chi connectivity index (χ4v) is 4.16. The van der Waals surface area contributed by atoms with Crippen LogP contribution in [0.25, 0.3) is 5.69 Å². The molecule has 0 radical (unpaired) electrons. The fraction of sp³-hybridized carbons (Fsp3) is 0.273. The lowest BCUT2D eigenvalue weighted by molar-refractivity contribution is 0.0955. The molecule has 4 nitrogen and oxygen atoms in total. The highest BCUT2D eigenvalue weighted by Crippen LogP contribution is 2.38. The van der Waals surface area contributed by atoms with Gasteiger partial charge >= 0.3 is 0 Å². The van der Waals surface area contributed by atoms with Crippen molar-refractivity contribution in [2.45, 2.75) is 39.7 Å². The Morgan fingerprint density at radius 3 is 2.30 bits per heavy atom. The van der Waals surface area contributed by atoms with Crippen LogP contribution < -0.4 is 5.32 Å². The second-order valence-corrected chi connectivity index (χ2v) is 8.43. The van der Waals surface area contributed by atoms with Crippen LogP contribution in [-0.2, 0) is 0 Å². The Morgan fingerprint density at radius 2 is 1.70 bits per heavy atom. The van der Waals surface area contributed by atoms with Gasteiger partial charge in [0, 0.05) is 10.0 Å². The largest absolute Gasteiger partial charge is 0.340 e. The van der Waals surface area contributed by atoms with Gasteiger partial charge in [0.1, 0.15) is 0 Å². The number of nitrogens with one attached hydrogen (secondary N) is 1. The number of aromatic nitrogens is 2. The van der Waals surface area contributed by atoms with Crippen LogP contribution in [0, 0.1) is 13.8 Å². The molecule has 1 aromatic heterocycles. The zero-order valence-corrected chi connectivity index (χ0v) is 17.5. The van der Waals surface area contributed by atoms with Crippen LogP contribution >= 0.6 is 15.9 Å². The summed E-state index contributed by atoms with van der Waals surface area (Å²) in [6.07, 6.45) is 0. The SMILES string of the molecule is Cc1cc(C)cc(-n2nc3c(c2C(C)C)C(c2ccc(Br)cc2)NC3=O)c1. The molecule has 4 rings (SSSR count). The topological polar surface area (TPSA) is 46.9 Å². The molecule has 1 aliphatic heterocycles. The Hall–Kier alpha value is -2.40. The molecule has 0 saturated carbocycles. The van der Waals surface area contributed by atoms with Crippen LogP contribution in [-0.4, -0.2) is 15.7 Å². The van der Waals surface area contributed by atoms with Crippen LogP contribution in [0.4, 0.5) is 0 Å². The van der Waals surface area contributed by atoms with Gasteiger partial charge in [-0.1, -0.05) is 48.0 Å². The number of rotatable bonds is 3. The van der Waals surface area contributed by atoms with E-state index in [-0.39, 0.29) is 17.9 Å². The monoisotopic (exact) mass is 423 g/mol. The van der Waals surface area contributed by atoms with Crippen molar-refractivity contribution in [2.75, 3.05) is 0 Å². The van der Waals surface area contributed by atoms with E-state index in [2.05, 4.69) is 67.1 Å². The molecule has 0 fully saturated rings. The van der Waals surface area contributed by atoms with Gasteiger partial charge in [-0.3, -0.25) is 4.79 Å². The summed E-state index contributed by atoms with van der Waals surface area (Å²) >= 11 is 3.48. The lowest BCUT2D eigenvalue weighted by Crippen LogP contribution is -2.23. The Morgan fingerprint density at radius 1 is 1.07 bits per heavy atom. The summed E-state index contributed by atoms with van der Waals surface area (Å²) in [5.74, 6) is 0.121. The van der Waals surface area contributed by atoms with Gasteiger partial charge < -0.3 is 5.32 Å². The van der Waals surface area contributed by atoms with E-state index in [0.29, 0.717) is 5.69 Å². The summed E-state index contributed by atoms with van der Waals surface area (Å²) in [6, 6.07) is 14.3. The number of amides is 1. The summed E-state index contributed by atoms with van der Waals surface area (Å²) in [4.78, 5) is 12.7. The lowest BCUT2D eigenvalue weighted by atomic mass is 9.95. The number of benzene rings is 2. The minimum atomic E-state index is -0.169. The molecular formula is C22H22BrN3O. The maximum atomic E-state index is 12.7. The molecule has 1 atom stereocenters. The first-order valence-electron chi connectivity index (χ1n) is 9.13. The number of carbonyl (C=O) groups is 1. The van der Waals surface area contributed by atoms with Gasteiger partial charge in [0.2, 0.25) is 0 Å². The standard InChI is InChI=1S/C22H22BrN3O/c1-12(2)21-18-19(15-5-7-16(23)8-6-15)24-22(27)20(18)25-26(21)17-10-13(3)9-14(4)11-17/h5-12,19H,1-4H3,(H,24,27). The maximum absolute atomic E-state index is 12.7. The second-order valence-electron chi connectivity index (χ2n) is 7.52. The first-order valence-corrected chi connectivity index (χ1v) is 9.92. The number of halogens is 1. The van der Waals surface area contributed by atoms with E-state index in [4.69, 9.17) is 5.10 Å². The van der Waals surface area contributed by atoms with Crippen molar-refractivity contribution in [3.8, 4) is 5.69 Å². The van der Waals surface area contributed by atoms with Gasteiger partial charge in [-0.15, -0.1) is 0 Å². The van der Waals surface area contributed by atoms with Crippen molar-refractivity contribution >= 4 is 21.8 Å². The predicted octanol–water partition coefficient (Wildman–Crippen LogP) is 5.21. The van der Waals surface area contributed by atoms with Crippen LogP contribution in [0.2, 0.25) is 0 Å². The molecule has 1 amide bonds. The molecule has 5 heteroatoms. The molecule has 0 spiro atoms. The lowest BCUT2D eigenvalue weighted by Gasteiger charge is -2.18. The number of hydrogen-bond donors (Lipinski definition) is 1. The Labute approximate surface area is 167 Å². The maximum Gasteiger partial charge on any atom is 0.272 e. The third kappa shape index (κ3) is 3.10. The number of hydrogen-bond acceptors (Lipinski definition) is 2. The van der Waals surface area contributed by atoms with E-state index in [1.807, 2.05) is 28.9 Å². The van der Waals surface area contributed by atoms with Crippen molar-refractivity contribution in [1.82, 2.24) is 15.1 Å². The van der Waals surface area contributed by atoms with E-state index in [1.54, 1.807) is 0 Å². The van der Waals surface area contributed by atoms with E-state index in [1.165, 1.54) is 11.1 Å². The molecule has 3 aromatic rings. The number of nitrogens with zero attached hydrogens (tertiary/aromatic N) is 2. The molecular weight excluding hydrogens is 402 g/mol. The van der Waals surface area contributed by atoms with Gasteiger partial charge in [-0.2, -0.15) is 5.10 Å². The molecule has 1 unspecified atom stereocenters. The third-order valence-corrected chi connectivity index (χ3v) is 5.47. The Bertz CT molecular complexity index is 1010. The zero-order chi connectivity index (χ0) is 19.3. The van der Waals surface area contributed by atoms with E-state index >= 15 is 0 Å². The molecule has 2 aromatic carbocycles. The van der Waals surface area contributed by atoms with E-state index < -0.39 is 0 Å².